The number of rotatable bonds is 3. The highest BCUT2D eigenvalue weighted by Gasteiger charge is 2.53. The quantitative estimate of drug-likeness (QED) is 0.633. The first-order valence-electron chi connectivity index (χ1n) is 4.90. The molecule has 0 aliphatic carbocycles. The van der Waals surface area contributed by atoms with E-state index in [9.17, 15) is 0 Å². The molecule has 5 nitrogen and oxygen atoms in total. The van der Waals surface area contributed by atoms with Crippen molar-refractivity contribution in [1.82, 2.24) is 0 Å². The van der Waals surface area contributed by atoms with Crippen molar-refractivity contribution >= 4 is 7.12 Å². The monoisotopic (exact) mass is 202 g/mol. The highest BCUT2D eigenvalue weighted by molar-refractivity contribution is 6.45. The lowest BCUT2D eigenvalue weighted by molar-refractivity contribution is -0.152. The summed E-state index contributed by atoms with van der Waals surface area (Å²) in [6.07, 6.45) is -0.367. The highest BCUT2D eigenvalue weighted by atomic mass is 16.8. The maximum Gasteiger partial charge on any atom is 0.457 e. The third-order valence-corrected chi connectivity index (χ3v) is 2.63. The van der Waals surface area contributed by atoms with Gasteiger partial charge in [0.2, 0.25) is 0 Å². The van der Waals surface area contributed by atoms with Crippen LogP contribution in [-0.4, -0.2) is 50.5 Å². The predicted molar refractivity (Wildman–Crippen MR) is 48.7 cm³/mol. The Balaban J connectivity index is 2.04. The van der Waals surface area contributed by atoms with Gasteiger partial charge >= 0.3 is 7.12 Å². The van der Waals surface area contributed by atoms with E-state index in [2.05, 4.69) is 0 Å². The van der Waals surface area contributed by atoms with Gasteiger partial charge in [-0.1, -0.05) is 6.92 Å². The van der Waals surface area contributed by atoms with Crippen molar-refractivity contribution in [2.75, 3.05) is 13.7 Å². The number of hydrogen-bond donors (Lipinski definition) is 1. The summed E-state index contributed by atoms with van der Waals surface area (Å²) in [5.41, 5.74) is 0. The summed E-state index contributed by atoms with van der Waals surface area (Å²) in [5.74, 6) is 0. The Morgan fingerprint density at radius 3 is 2.64 bits per heavy atom. The van der Waals surface area contributed by atoms with Crippen molar-refractivity contribution in [2.45, 2.75) is 37.8 Å². The van der Waals surface area contributed by atoms with Crippen molar-refractivity contribution in [2.24, 2.45) is 0 Å². The highest BCUT2D eigenvalue weighted by Crippen LogP contribution is 2.33. The molecule has 1 N–H and O–H groups in total. The van der Waals surface area contributed by atoms with Crippen molar-refractivity contribution in [3.8, 4) is 0 Å². The fraction of sp³-hybridized carbons (Fsp3) is 1.00. The van der Waals surface area contributed by atoms with Crippen LogP contribution in [0.1, 0.15) is 6.92 Å². The lowest BCUT2D eigenvalue weighted by atomic mass is 9.87. The van der Waals surface area contributed by atoms with Crippen LogP contribution in [0.5, 0.6) is 0 Å². The van der Waals surface area contributed by atoms with Gasteiger partial charge in [0.1, 0.15) is 18.3 Å². The fourth-order valence-corrected chi connectivity index (χ4v) is 1.91. The molecule has 6 heteroatoms. The first kappa shape index (κ1) is 10.4. The molecule has 2 aliphatic heterocycles. The van der Waals surface area contributed by atoms with Crippen LogP contribution < -0.4 is 0 Å². The third kappa shape index (κ3) is 1.57. The van der Waals surface area contributed by atoms with Gasteiger partial charge in [-0.15, -0.1) is 0 Å². The van der Waals surface area contributed by atoms with Gasteiger partial charge in [-0.2, -0.15) is 0 Å². The minimum Gasteiger partial charge on any atom is -0.403 e. The number of ether oxygens (including phenoxy) is 2. The van der Waals surface area contributed by atoms with E-state index in [1.54, 1.807) is 7.11 Å². The summed E-state index contributed by atoms with van der Waals surface area (Å²) in [7, 11) is 1.37. The molecule has 2 heterocycles. The van der Waals surface area contributed by atoms with Crippen LogP contribution >= 0.6 is 0 Å². The molecular formula is C8H15BO5. The van der Waals surface area contributed by atoms with Crippen molar-refractivity contribution < 1.29 is 23.9 Å². The maximum atomic E-state index is 9.07. The number of fused-ring (bicyclic) bond motifs is 1. The smallest absolute Gasteiger partial charge is 0.403 e. The molecule has 14 heavy (non-hydrogen) atoms. The molecule has 2 fully saturated rings. The molecule has 0 radical (unpaired) electrons. The lowest BCUT2D eigenvalue weighted by Crippen LogP contribution is -2.31. The number of methoxy groups -OCH3 is 1. The van der Waals surface area contributed by atoms with Crippen LogP contribution in [0, 0.1) is 0 Å². The SMILES string of the molecule is CCB1OC2C(CO)OC(OC)C2O1. The van der Waals surface area contributed by atoms with Crippen LogP contribution in [0.3, 0.4) is 0 Å². The molecule has 0 aromatic rings. The van der Waals surface area contributed by atoms with Gasteiger partial charge in [0.25, 0.3) is 0 Å². The first-order chi connectivity index (χ1) is 6.80. The van der Waals surface area contributed by atoms with E-state index in [0.717, 1.165) is 6.32 Å². The molecule has 2 rings (SSSR count). The van der Waals surface area contributed by atoms with Crippen molar-refractivity contribution in [1.29, 1.82) is 0 Å². The zero-order valence-electron chi connectivity index (χ0n) is 8.38. The molecule has 2 saturated heterocycles. The van der Waals surface area contributed by atoms with Crippen LogP contribution in [0.25, 0.3) is 0 Å². The Hall–Kier alpha value is -0.135. The Labute approximate surface area is 83.4 Å². The molecule has 4 atom stereocenters. The Kier molecular flexibility index (Phi) is 3.09. The van der Waals surface area contributed by atoms with Gasteiger partial charge in [-0.25, -0.2) is 0 Å². The fourth-order valence-electron chi connectivity index (χ4n) is 1.91. The third-order valence-electron chi connectivity index (χ3n) is 2.63. The molecule has 0 saturated carbocycles. The zero-order valence-corrected chi connectivity index (χ0v) is 8.38. The summed E-state index contributed by atoms with van der Waals surface area (Å²) >= 11 is 0. The molecule has 0 aromatic heterocycles. The van der Waals surface area contributed by atoms with Crippen LogP contribution in [0.2, 0.25) is 6.32 Å². The minimum absolute atomic E-state index is 0.0686. The summed E-state index contributed by atoms with van der Waals surface area (Å²) < 4.78 is 21.7. The summed E-state index contributed by atoms with van der Waals surface area (Å²) in [4.78, 5) is 0. The predicted octanol–water partition coefficient (Wildman–Crippen LogP) is -0.358. The van der Waals surface area contributed by atoms with Gasteiger partial charge in [0.05, 0.1) is 6.61 Å². The first-order valence-corrected chi connectivity index (χ1v) is 4.90. The van der Waals surface area contributed by atoms with Crippen molar-refractivity contribution in [3.63, 3.8) is 0 Å². The Morgan fingerprint density at radius 2 is 2.07 bits per heavy atom. The van der Waals surface area contributed by atoms with Crippen LogP contribution in [0.15, 0.2) is 0 Å². The van der Waals surface area contributed by atoms with Crippen molar-refractivity contribution in [3.05, 3.63) is 0 Å². The molecular weight excluding hydrogens is 187 g/mol. The number of aliphatic hydroxyl groups excluding tert-OH is 1. The lowest BCUT2D eigenvalue weighted by Gasteiger charge is -2.15. The van der Waals surface area contributed by atoms with Gasteiger partial charge < -0.3 is 23.9 Å². The van der Waals surface area contributed by atoms with E-state index in [4.69, 9.17) is 23.9 Å². The van der Waals surface area contributed by atoms with Gasteiger partial charge in [0, 0.05) is 7.11 Å². The van der Waals surface area contributed by atoms with Crippen LogP contribution in [-0.2, 0) is 18.8 Å². The summed E-state index contributed by atoms with van der Waals surface area (Å²) in [6, 6.07) is 0. The molecule has 0 bridgehead atoms. The Morgan fingerprint density at radius 1 is 1.36 bits per heavy atom. The zero-order chi connectivity index (χ0) is 10.1. The van der Waals surface area contributed by atoms with E-state index in [0.29, 0.717) is 0 Å². The molecule has 0 amide bonds. The number of aliphatic hydroxyl groups is 1. The second kappa shape index (κ2) is 4.16. The average molecular weight is 202 g/mol. The van der Waals surface area contributed by atoms with E-state index in [1.165, 1.54) is 0 Å². The van der Waals surface area contributed by atoms with E-state index >= 15 is 0 Å². The molecule has 0 spiro atoms. The van der Waals surface area contributed by atoms with Gasteiger partial charge in [-0.3, -0.25) is 0 Å². The van der Waals surface area contributed by atoms with E-state index in [-0.39, 0.29) is 32.0 Å². The minimum atomic E-state index is -0.423. The second-order valence-electron chi connectivity index (χ2n) is 3.50. The van der Waals surface area contributed by atoms with Gasteiger partial charge in [0.15, 0.2) is 6.29 Å². The summed E-state index contributed by atoms with van der Waals surface area (Å²) in [5, 5.41) is 9.07. The molecule has 0 aromatic carbocycles. The van der Waals surface area contributed by atoms with E-state index < -0.39 is 6.29 Å². The largest absolute Gasteiger partial charge is 0.457 e. The summed E-state index contributed by atoms with van der Waals surface area (Å²) in [6.45, 7) is 1.92. The Bertz CT molecular complexity index is 184. The average Bonchev–Trinajstić information content (AvgIpc) is 2.74. The number of hydrogen-bond acceptors (Lipinski definition) is 5. The second-order valence-corrected chi connectivity index (χ2v) is 3.50. The molecule has 2 aliphatic rings. The van der Waals surface area contributed by atoms with Gasteiger partial charge in [-0.05, 0) is 6.32 Å². The molecule has 4 unspecified atom stereocenters. The normalized spacial score (nSPS) is 41.8. The van der Waals surface area contributed by atoms with Crippen LogP contribution in [0.4, 0.5) is 0 Å². The standard InChI is InChI=1S/C8H15BO5/c1-3-9-13-6-5(4-10)12-8(11-2)7(6)14-9/h5-8,10H,3-4H2,1-2H3. The topological polar surface area (TPSA) is 57.2 Å². The maximum absolute atomic E-state index is 9.07. The van der Waals surface area contributed by atoms with E-state index in [1.807, 2.05) is 6.92 Å². The molecule has 80 valence electrons.